The maximum Gasteiger partial charge on any atom is 0.165 e. The molecule has 1 rings (SSSR count). The third kappa shape index (κ3) is 4.48. The summed E-state index contributed by atoms with van der Waals surface area (Å²) in [6, 6.07) is 5.24. The molecule has 1 aromatic rings. The quantitative estimate of drug-likeness (QED) is 0.799. The van der Waals surface area contributed by atoms with E-state index >= 15 is 0 Å². The molecule has 0 bridgehead atoms. The molecule has 114 valence electrons. The van der Waals surface area contributed by atoms with Gasteiger partial charge in [-0.2, -0.15) is 0 Å². The second-order valence-corrected chi connectivity index (χ2v) is 6.18. The van der Waals surface area contributed by atoms with Crippen molar-refractivity contribution in [2.45, 2.75) is 40.7 Å². The molecule has 1 aromatic carbocycles. The van der Waals surface area contributed by atoms with Gasteiger partial charge in [-0.15, -0.1) is 0 Å². The van der Waals surface area contributed by atoms with Crippen LogP contribution < -0.4 is 10.1 Å². The number of hydrogen-bond acceptors (Lipinski definition) is 2. The van der Waals surface area contributed by atoms with Crippen molar-refractivity contribution < 1.29 is 9.13 Å². The molecule has 1 N–H and O–H groups in total. The number of hydrogen-bond donors (Lipinski definition) is 1. The molecule has 2 nitrogen and oxygen atoms in total. The maximum atomic E-state index is 13.4. The summed E-state index contributed by atoms with van der Waals surface area (Å²) in [7, 11) is 1.49. The highest BCUT2D eigenvalue weighted by Gasteiger charge is 2.18. The topological polar surface area (TPSA) is 21.3 Å². The van der Waals surface area contributed by atoms with Crippen molar-refractivity contribution in [2.75, 3.05) is 13.7 Å². The zero-order chi connectivity index (χ0) is 15.3. The van der Waals surface area contributed by atoms with Gasteiger partial charge >= 0.3 is 0 Å². The number of halogens is 1. The smallest absolute Gasteiger partial charge is 0.165 e. The molecule has 3 heteroatoms. The second kappa shape index (κ2) is 7.63. The van der Waals surface area contributed by atoms with Gasteiger partial charge in [0.2, 0.25) is 0 Å². The molecule has 1 atom stereocenters. The molecule has 0 fully saturated rings. The minimum absolute atomic E-state index is 0.185. The number of rotatable bonds is 7. The predicted molar refractivity (Wildman–Crippen MR) is 82.5 cm³/mol. The lowest BCUT2D eigenvalue weighted by Gasteiger charge is -2.27. The highest BCUT2D eigenvalue weighted by atomic mass is 19.1. The van der Waals surface area contributed by atoms with Crippen LogP contribution in [0.25, 0.3) is 0 Å². The Hall–Kier alpha value is -1.09. The van der Waals surface area contributed by atoms with Crippen LogP contribution in [0.1, 0.15) is 46.2 Å². The average Bonchev–Trinajstić information content (AvgIpc) is 2.38. The van der Waals surface area contributed by atoms with Gasteiger partial charge in [-0.05, 0) is 48.9 Å². The largest absolute Gasteiger partial charge is 0.494 e. The van der Waals surface area contributed by atoms with Gasteiger partial charge < -0.3 is 10.1 Å². The Kier molecular flexibility index (Phi) is 6.47. The van der Waals surface area contributed by atoms with Crippen molar-refractivity contribution in [1.82, 2.24) is 5.32 Å². The summed E-state index contributed by atoms with van der Waals surface area (Å²) in [4.78, 5) is 0. The minimum Gasteiger partial charge on any atom is -0.494 e. The molecule has 0 amide bonds. The van der Waals surface area contributed by atoms with Crippen molar-refractivity contribution in [1.29, 1.82) is 0 Å². The van der Waals surface area contributed by atoms with Crippen LogP contribution in [0.15, 0.2) is 18.2 Å². The molecule has 0 heterocycles. The Balaban J connectivity index is 2.69. The number of ether oxygens (including phenoxy) is 1. The Morgan fingerprint density at radius 3 is 2.20 bits per heavy atom. The van der Waals surface area contributed by atoms with E-state index in [0.29, 0.717) is 23.5 Å². The summed E-state index contributed by atoms with van der Waals surface area (Å²) in [6.45, 7) is 12.1. The lowest BCUT2D eigenvalue weighted by Crippen LogP contribution is -2.31. The summed E-state index contributed by atoms with van der Waals surface area (Å²) in [5.74, 6) is 1.93. The molecule has 0 spiro atoms. The van der Waals surface area contributed by atoms with E-state index < -0.39 is 0 Å². The molecule has 0 radical (unpaired) electrons. The molecule has 0 saturated heterocycles. The van der Waals surface area contributed by atoms with E-state index in [1.165, 1.54) is 13.2 Å². The van der Waals surface area contributed by atoms with Crippen LogP contribution in [0.2, 0.25) is 0 Å². The zero-order valence-corrected chi connectivity index (χ0v) is 13.5. The van der Waals surface area contributed by atoms with Crippen molar-refractivity contribution in [2.24, 2.45) is 17.8 Å². The molecule has 1 unspecified atom stereocenters. The van der Waals surface area contributed by atoms with Crippen LogP contribution in [0.3, 0.4) is 0 Å². The number of methoxy groups -OCH3 is 1. The van der Waals surface area contributed by atoms with Gasteiger partial charge in [0, 0.05) is 6.04 Å². The molecular weight excluding hydrogens is 253 g/mol. The first kappa shape index (κ1) is 17.0. The first-order valence-electron chi connectivity index (χ1n) is 7.43. The lowest BCUT2D eigenvalue weighted by atomic mass is 9.85. The van der Waals surface area contributed by atoms with Gasteiger partial charge in [0.05, 0.1) is 7.11 Å². The van der Waals surface area contributed by atoms with E-state index in [1.807, 2.05) is 6.07 Å². The van der Waals surface area contributed by atoms with E-state index in [1.54, 1.807) is 6.07 Å². The monoisotopic (exact) mass is 281 g/mol. The fraction of sp³-hybridized carbons (Fsp3) is 0.647. The van der Waals surface area contributed by atoms with Gasteiger partial charge in [0.25, 0.3) is 0 Å². The van der Waals surface area contributed by atoms with Gasteiger partial charge in [-0.25, -0.2) is 4.39 Å². The summed E-state index contributed by atoms with van der Waals surface area (Å²) >= 11 is 0. The maximum absolute atomic E-state index is 13.4. The van der Waals surface area contributed by atoms with Crippen LogP contribution in [0.5, 0.6) is 5.75 Å². The van der Waals surface area contributed by atoms with Crippen LogP contribution in [0, 0.1) is 23.6 Å². The molecule has 0 aromatic heterocycles. The highest BCUT2D eigenvalue weighted by Crippen LogP contribution is 2.24. The first-order valence-corrected chi connectivity index (χ1v) is 7.43. The van der Waals surface area contributed by atoms with Gasteiger partial charge in [0.1, 0.15) is 0 Å². The van der Waals surface area contributed by atoms with E-state index in [4.69, 9.17) is 4.74 Å². The summed E-state index contributed by atoms with van der Waals surface area (Å²) in [5.41, 5.74) is 1.05. The Morgan fingerprint density at radius 2 is 1.70 bits per heavy atom. The van der Waals surface area contributed by atoms with Gasteiger partial charge in [-0.1, -0.05) is 33.8 Å². The van der Waals surface area contributed by atoms with E-state index in [-0.39, 0.29) is 11.9 Å². The van der Waals surface area contributed by atoms with E-state index in [9.17, 15) is 4.39 Å². The fourth-order valence-electron chi connectivity index (χ4n) is 2.62. The standard InChI is InChI=1S/C17H28FNO/c1-11(2)15(12(3)4)10-19-13(5)14-7-8-16(18)17(9-14)20-6/h7-9,11-13,15,19H,10H2,1-6H3. The molecular formula is C17H28FNO. The Labute approximate surface area is 122 Å². The predicted octanol–water partition coefficient (Wildman–Crippen LogP) is 4.41. The third-order valence-corrected chi connectivity index (χ3v) is 4.05. The molecule has 0 aliphatic heterocycles. The second-order valence-electron chi connectivity index (χ2n) is 6.18. The van der Waals surface area contributed by atoms with Crippen molar-refractivity contribution in [3.8, 4) is 5.75 Å². The third-order valence-electron chi connectivity index (χ3n) is 4.05. The van der Waals surface area contributed by atoms with Crippen LogP contribution in [-0.2, 0) is 0 Å². The first-order chi connectivity index (χ1) is 9.36. The summed E-state index contributed by atoms with van der Waals surface area (Å²) < 4.78 is 18.4. The van der Waals surface area contributed by atoms with Crippen LogP contribution >= 0.6 is 0 Å². The average molecular weight is 281 g/mol. The van der Waals surface area contributed by atoms with Crippen molar-refractivity contribution in [3.05, 3.63) is 29.6 Å². The number of nitrogens with one attached hydrogen (secondary N) is 1. The van der Waals surface area contributed by atoms with Crippen LogP contribution in [-0.4, -0.2) is 13.7 Å². The highest BCUT2D eigenvalue weighted by molar-refractivity contribution is 5.31. The minimum atomic E-state index is -0.314. The van der Waals surface area contributed by atoms with Crippen molar-refractivity contribution >= 4 is 0 Å². The lowest BCUT2D eigenvalue weighted by molar-refractivity contribution is 0.268. The van der Waals surface area contributed by atoms with Crippen molar-refractivity contribution in [3.63, 3.8) is 0 Å². The molecule has 0 aliphatic rings. The van der Waals surface area contributed by atoms with Crippen LogP contribution in [0.4, 0.5) is 4.39 Å². The van der Waals surface area contributed by atoms with Gasteiger partial charge in [-0.3, -0.25) is 0 Å². The number of benzene rings is 1. The molecule has 0 saturated carbocycles. The summed E-state index contributed by atoms with van der Waals surface area (Å²) in [5, 5.41) is 3.55. The van der Waals surface area contributed by atoms with E-state index in [2.05, 4.69) is 39.9 Å². The summed E-state index contributed by atoms with van der Waals surface area (Å²) in [6.07, 6.45) is 0. The SMILES string of the molecule is COc1cc(C(C)NCC(C(C)C)C(C)C)ccc1F. The Bertz CT molecular complexity index is 409. The Morgan fingerprint density at radius 1 is 1.10 bits per heavy atom. The van der Waals surface area contributed by atoms with Gasteiger partial charge in [0.15, 0.2) is 11.6 Å². The molecule has 0 aliphatic carbocycles. The zero-order valence-electron chi connectivity index (χ0n) is 13.5. The molecule has 20 heavy (non-hydrogen) atoms. The van der Waals surface area contributed by atoms with E-state index in [0.717, 1.165) is 12.1 Å². The fourth-order valence-corrected chi connectivity index (χ4v) is 2.62. The normalized spacial score (nSPS) is 13.3.